The number of aromatic amines is 1. The van der Waals surface area contributed by atoms with Gasteiger partial charge in [-0.3, -0.25) is 14.6 Å². The van der Waals surface area contributed by atoms with Crippen molar-refractivity contribution >= 4 is 5.91 Å². The molecule has 6 nitrogen and oxygen atoms in total. The van der Waals surface area contributed by atoms with Gasteiger partial charge >= 0.3 is 0 Å². The summed E-state index contributed by atoms with van der Waals surface area (Å²) in [6, 6.07) is 13.2. The van der Waals surface area contributed by atoms with Gasteiger partial charge in [0.15, 0.2) is 0 Å². The fourth-order valence-electron chi connectivity index (χ4n) is 3.88. The van der Waals surface area contributed by atoms with Crippen molar-refractivity contribution in [1.29, 1.82) is 0 Å². The van der Waals surface area contributed by atoms with Crippen molar-refractivity contribution in [2.45, 2.75) is 32.1 Å². The molecule has 1 aromatic carbocycles. The summed E-state index contributed by atoms with van der Waals surface area (Å²) in [4.78, 5) is 38.6. The number of nitrogens with zero attached hydrogens (tertiary/aromatic N) is 3. The Morgan fingerprint density at radius 3 is 2.83 bits per heavy atom. The number of carbonyl (C=O) groups is 1. The van der Waals surface area contributed by atoms with E-state index < -0.39 is 0 Å². The second-order valence-electron chi connectivity index (χ2n) is 7.60. The molecule has 2 aromatic heterocycles. The molecule has 1 atom stereocenters. The molecule has 1 N–H and O–H groups in total. The first-order valence-electron chi connectivity index (χ1n) is 9.93. The van der Waals surface area contributed by atoms with Gasteiger partial charge in [-0.15, -0.1) is 0 Å². The summed E-state index contributed by atoms with van der Waals surface area (Å²) in [5.41, 5.74) is 3.50. The third-order valence-electron chi connectivity index (χ3n) is 5.33. The van der Waals surface area contributed by atoms with E-state index in [4.69, 9.17) is 4.98 Å². The van der Waals surface area contributed by atoms with Crippen molar-refractivity contribution in [3.63, 3.8) is 0 Å². The van der Waals surface area contributed by atoms with E-state index in [0.29, 0.717) is 24.5 Å². The predicted octanol–water partition coefficient (Wildman–Crippen LogP) is 3.09. The van der Waals surface area contributed by atoms with Gasteiger partial charge in [0.2, 0.25) is 5.91 Å². The molecule has 4 rings (SSSR count). The van der Waals surface area contributed by atoms with Gasteiger partial charge in [0.25, 0.3) is 5.56 Å². The minimum Gasteiger partial charge on any atom is -0.342 e. The topological polar surface area (TPSA) is 79.0 Å². The molecule has 1 fully saturated rings. The molecule has 1 aliphatic heterocycles. The molecule has 1 aliphatic rings. The van der Waals surface area contributed by atoms with Crippen LogP contribution >= 0.6 is 0 Å². The molecule has 0 unspecified atom stereocenters. The number of aryl methyl sites for hydroxylation is 1. The zero-order valence-electron chi connectivity index (χ0n) is 16.5. The Labute approximate surface area is 169 Å². The van der Waals surface area contributed by atoms with Crippen LogP contribution in [0.5, 0.6) is 0 Å². The van der Waals surface area contributed by atoms with Crippen molar-refractivity contribution in [2.24, 2.45) is 0 Å². The highest BCUT2D eigenvalue weighted by molar-refractivity contribution is 5.79. The lowest BCUT2D eigenvalue weighted by Crippen LogP contribution is -2.40. The van der Waals surface area contributed by atoms with Crippen LogP contribution in [0.15, 0.2) is 59.7 Å². The van der Waals surface area contributed by atoms with E-state index in [2.05, 4.69) is 16.0 Å². The number of hydrogen-bond donors (Lipinski definition) is 1. The summed E-state index contributed by atoms with van der Waals surface area (Å²) in [5.74, 6) is 0.796. The standard InChI is InChI=1S/C23H24N4O2/c1-16-4-2-5-17(12-16)13-22(29)27-11-3-6-19(15-27)23-25-20(14-21(28)26-23)18-7-9-24-10-8-18/h2,4-5,7-10,12,14,19H,3,6,11,13,15H2,1H3,(H,25,26,28)/t19-/m1/s1. The zero-order valence-corrected chi connectivity index (χ0v) is 16.5. The van der Waals surface area contributed by atoms with E-state index in [1.165, 1.54) is 6.07 Å². The number of hydrogen-bond acceptors (Lipinski definition) is 4. The second-order valence-corrected chi connectivity index (χ2v) is 7.60. The van der Waals surface area contributed by atoms with Crippen LogP contribution in [-0.4, -0.2) is 38.8 Å². The summed E-state index contributed by atoms with van der Waals surface area (Å²) < 4.78 is 0. The molecule has 1 saturated heterocycles. The number of rotatable bonds is 4. The Hall–Kier alpha value is -3.28. The van der Waals surface area contributed by atoms with Gasteiger partial charge in [-0.25, -0.2) is 4.98 Å². The molecule has 29 heavy (non-hydrogen) atoms. The van der Waals surface area contributed by atoms with E-state index in [9.17, 15) is 9.59 Å². The number of piperidine rings is 1. The normalized spacial score (nSPS) is 16.6. The first kappa shape index (κ1) is 19.1. The van der Waals surface area contributed by atoms with E-state index in [1.54, 1.807) is 12.4 Å². The largest absolute Gasteiger partial charge is 0.342 e. The Morgan fingerprint density at radius 2 is 2.03 bits per heavy atom. The van der Waals surface area contributed by atoms with Gasteiger partial charge < -0.3 is 9.88 Å². The average molecular weight is 388 g/mol. The monoisotopic (exact) mass is 388 g/mol. The highest BCUT2D eigenvalue weighted by Crippen LogP contribution is 2.26. The molecular formula is C23H24N4O2. The van der Waals surface area contributed by atoms with Crippen LogP contribution in [-0.2, 0) is 11.2 Å². The van der Waals surface area contributed by atoms with Crippen LogP contribution < -0.4 is 5.56 Å². The smallest absolute Gasteiger partial charge is 0.251 e. The second kappa shape index (κ2) is 8.39. The quantitative estimate of drug-likeness (QED) is 0.745. The predicted molar refractivity (Wildman–Crippen MR) is 112 cm³/mol. The maximum absolute atomic E-state index is 12.8. The Bertz CT molecular complexity index is 1060. The van der Waals surface area contributed by atoms with Crippen molar-refractivity contribution < 1.29 is 4.79 Å². The Kier molecular flexibility index (Phi) is 5.51. The third kappa shape index (κ3) is 4.59. The van der Waals surface area contributed by atoms with E-state index in [1.807, 2.05) is 42.2 Å². The van der Waals surface area contributed by atoms with Crippen LogP contribution in [0.2, 0.25) is 0 Å². The van der Waals surface area contributed by atoms with Crippen LogP contribution in [0.1, 0.15) is 35.7 Å². The van der Waals surface area contributed by atoms with Crippen molar-refractivity contribution in [1.82, 2.24) is 19.9 Å². The molecule has 0 radical (unpaired) electrons. The van der Waals surface area contributed by atoms with Crippen molar-refractivity contribution in [3.05, 3.63) is 82.2 Å². The first-order valence-corrected chi connectivity index (χ1v) is 9.93. The molecular weight excluding hydrogens is 364 g/mol. The minimum absolute atomic E-state index is 0.0275. The van der Waals surface area contributed by atoms with E-state index >= 15 is 0 Å². The van der Waals surface area contributed by atoms with Crippen LogP contribution in [0.25, 0.3) is 11.3 Å². The number of H-pyrrole nitrogens is 1. The lowest BCUT2D eigenvalue weighted by Gasteiger charge is -2.32. The molecule has 0 spiro atoms. The van der Waals surface area contributed by atoms with Gasteiger partial charge in [-0.2, -0.15) is 0 Å². The maximum Gasteiger partial charge on any atom is 0.251 e. The fourth-order valence-corrected chi connectivity index (χ4v) is 3.88. The number of carbonyl (C=O) groups excluding carboxylic acids is 1. The van der Waals surface area contributed by atoms with Crippen molar-refractivity contribution in [3.8, 4) is 11.3 Å². The van der Waals surface area contributed by atoms with Crippen LogP contribution in [0.3, 0.4) is 0 Å². The average Bonchev–Trinajstić information content (AvgIpc) is 2.74. The summed E-state index contributed by atoms with van der Waals surface area (Å²) >= 11 is 0. The van der Waals surface area contributed by atoms with Gasteiger partial charge in [0, 0.05) is 43.0 Å². The molecule has 0 bridgehead atoms. The molecule has 3 heterocycles. The lowest BCUT2D eigenvalue weighted by atomic mass is 9.96. The summed E-state index contributed by atoms with van der Waals surface area (Å²) in [6.07, 6.45) is 5.56. The summed E-state index contributed by atoms with van der Waals surface area (Å²) in [7, 11) is 0. The number of benzene rings is 1. The number of likely N-dealkylation sites (tertiary alicyclic amines) is 1. The van der Waals surface area contributed by atoms with Gasteiger partial charge in [0.05, 0.1) is 12.1 Å². The van der Waals surface area contributed by atoms with Gasteiger partial charge in [0.1, 0.15) is 5.82 Å². The highest BCUT2D eigenvalue weighted by atomic mass is 16.2. The summed E-state index contributed by atoms with van der Waals surface area (Å²) in [5, 5.41) is 0. The molecule has 6 heteroatoms. The molecule has 148 valence electrons. The zero-order chi connectivity index (χ0) is 20.2. The van der Waals surface area contributed by atoms with Gasteiger partial charge in [-0.05, 0) is 37.5 Å². The molecule has 1 amide bonds. The number of aromatic nitrogens is 3. The maximum atomic E-state index is 12.8. The van der Waals surface area contributed by atoms with Crippen molar-refractivity contribution in [2.75, 3.05) is 13.1 Å². The molecule has 3 aromatic rings. The minimum atomic E-state index is -0.176. The Morgan fingerprint density at radius 1 is 1.21 bits per heavy atom. The fraction of sp³-hybridized carbons (Fsp3) is 0.304. The van der Waals surface area contributed by atoms with Crippen LogP contribution in [0.4, 0.5) is 0 Å². The SMILES string of the molecule is Cc1cccc(CC(=O)N2CCC[C@@H](c3nc(-c4ccncc4)cc(=O)[nH]3)C2)c1. The van der Waals surface area contributed by atoms with Gasteiger partial charge in [-0.1, -0.05) is 29.8 Å². The Balaban J connectivity index is 1.52. The highest BCUT2D eigenvalue weighted by Gasteiger charge is 2.26. The van der Waals surface area contributed by atoms with E-state index in [-0.39, 0.29) is 17.4 Å². The first-order chi connectivity index (χ1) is 14.1. The number of amides is 1. The van der Waals surface area contributed by atoms with Crippen LogP contribution in [0, 0.1) is 6.92 Å². The number of nitrogens with one attached hydrogen (secondary N) is 1. The third-order valence-corrected chi connectivity index (χ3v) is 5.33. The number of pyridine rings is 1. The molecule has 0 aliphatic carbocycles. The summed E-state index contributed by atoms with van der Waals surface area (Å²) in [6.45, 7) is 3.35. The molecule has 0 saturated carbocycles. The lowest BCUT2D eigenvalue weighted by molar-refractivity contribution is -0.131. The van der Waals surface area contributed by atoms with E-state index in [0.717, 1.165) is 36.1 Å².